The second-order valence-electron chi connectivity index (χ2n) is 6.50. The van der Waals surface area contributed by atoms with Crippen molar-refractivity contribution in [3.8, 4) is 5.69 Å². The van der Waals surface area contributed by atoms with E-state index in [0.717, 1.165) is 39.0 Å². The van der Waals surface area contributed by atoms with E-state index >= 15 is 0 Å². The van der Waals surface area contributed by atoms with E-state index in [2.05, 4.69) is 20.5 Å². The molecule has 0 aliphatic carbocycles. The summed E-state index contributed by atoms with van der Waals surface area (Å²) in [7, 11) is 0. The maximum absolute atomic E-state index is 12.9. The summed E-state index contributed by atoms with van der Waals surface area (Å²) in [4.78, 5) is 16.2. The molecule has 27 heavy (non-hydrogen) atoms. The first-order valence-electron chi connectivity index (χ1n) is 8.64. The number of H-pyrrole nitrogens is 1. The third-order valence-corrected chi connectivity index (χ3v) is 5.52. The fourth-order valence-corrected chi connectivity index (χ4v) is 4.14. The van der Waals surface area contributed by atoms with E-state index in [-0.39, 0.29) is 11.5 Å². The van der Waals surface area contributed by atoms with Gasteiger partial charge >= 0.3 is 0 Å². The highest BCUT2D eigenvalue weighted by atomic mass is 32.2. The minimum atomic E-state index is 0.0611. The third kappa shape index (κ3) is 3.14. The van der Waals surface area contributed by atoms with Crippen LogP contribution in [0.3, 0.4) is 0 Å². The number of fused-ring (bicyclic) bond motifs is 1. The molecule has 0 radical (unpaired) electrons. The number of para-hydroxylation sites is 2. The molecule has 2 aromatic carbocycles. The minimum Gasteiger partial charge on any atom is -0.358 e. The normalized spacial score (nSPS) is 11.2. The number of Topliss-reactive ketones (excluding diaryl/α,β-unsaturated/α-hetero) is 1. The molecule has 4 rings (SSSR count). The molecule has 0 bridgehead atoms. The average Bonchev–Trinajstić information content (AvgIpc) is 3.23. The van der Waals surface area contributed by atoms with Gasteiger partial charge in [0.1, 0.15) is 0 Å². The van der Waals surface area contributed by atoms with Crippen molar-refractivity contribution in [2.75, 3.05) is 5.75 Å². The maximum Gasteiger partial charge on any atom is 0.214 e. The van der Waals surface area contributed by atoms with Gasteiger partial charge in [0.25, 0.3) is 0 Å². The van der Waals surface area contributed by atoms with Crippen LogP contribution in [0.25, 0.3) is 16.6 Å². The average molecular weight is 377 g/mol. The molecule has 7 heteroatoms. The van der Waals surface area contributed by atoms with E-state index in [4.69, 9.17) is 0 Å². The largest absolute Gasteiger partial charge is 0.358 e. The molecule has 0 saturated heterocycles. The van der Waals surface area contributed by atoms with Crippen LogP contribution in [0.15, 0.2) is 47.6 Å². The number of ketones is 1. The van der Waals surface area contributed by atoms with Crippen LogP contribution in [0.5, 0.6) is 0 Å². The van der Waals surface area contributed by atoms with Crippen molar-refractivity contribution in [2.24, 2.45) is 0 Å². The lowest BCUT2D eigenvalue weighted by atomic mass is 10.1. The number of hydrogen-bond donors (Lipinski definition) is 1. The Morgan fingerprint density at radius 3 is 2.59 bits per heavy atom. The maximum atomic E-state index is 12.9. The highest BCUT2D eigenvalue weighted by molar-refractivity contribution is 7.99. The first kappa shape index (κ1) is 17.5. The second kappa shape index (κ2) is 7.00. The Morgan fingerprint density at radius 1 is 1.07 bits per heavy atom. The van der Waals surface area contributed by atoms with Crippen LogP contribution in [0, 0.1) is 20.8 Å². The SMILES string of the molecule is Cc1cccc(C)c1-n1nnnc1SCC(=O)c1c(C)[nH]c2ccccc12. The Morgan fingerprint density at radius 2 is 1.81 bits per heavy atom. The van der Waals surface area contributed by atoms with Crippen LogP contribution < -0.4 is 0 Å². The van der Waals surface area contributed by atoms with Gasteiger partial charge in [-0.05, 0) is 48.4 Å². The number of tetrazole rings is 1. The van der Waals surface area contributed by atoms with Crippen molar-refractivity contribution in [1.29, 1.82) is 0 Å². The van der Waals surface area contributed by atoms with Crippen LogP contribution in [-0.2, 0) is 0 Å². The molecule has 0 aliphatic rings. The number of nitrogens with zero attached hydrogens (tertiary/aromatic N) is 4. The van der Waals surface area contributed by atoms with Crippen molar-refractivity contribution in [2.45, 2.75) is 25.9 Å². The van der Waals surface area contributed by atoms with Crippen molar-refractivity contribution >= 4 is 28.4 Å². The van der Waals surface area contributed by atoms with Crippen molar-refractivity contribution in [1.82, 2.24) is 25.2 Å². The Kier molecular flexibility index (Phi) is 4.53. The molecule has 2 heterocycles. The number of benzene rings is 2. The molecule has 0 aliphatic heterocycles. The molecule has 4 aromatic rings. The van der Waals surface area contributed by atoms with Gasteiger partial charge in [-0.2, -0.15) is 4.68 Å². The van der Waals surface area contributed by atoms with E-state index in [9.17, 15) is 4.79 Å². The van der Waals surface area contributed by atoms with Crippen molar-refractivity contribution < 1.29 is 4.79 Å². The molecular formula is C20H19N5OS. The van der Waals surface area contributed by atoms with Crippen LogP contribution in [0.4, 0.5) is 0 Å². The predicted octanol–water partition coefficient (Wildman–Crippen LogP) is 4.04. The summed E-state index contributed by atoms with van der Waals surface area (Å²) in [5.41, 5.74) is 5.73. The van der Waals surface area contributed by atoms with Crippen LogP contribution in [-0.4, -0.2) is 36.7 Å². The van der Waals surface area contributed by atoms with Crippen LogP contribution in [0.2, 0.25) is 0 Å². The Bertz CT molecular complexity index is 1120. The first-order chi connectivity index (χ1) is 13.1. The highest BCUT2D eigenvalue weighted by Gasteiger charge is 2.19. The molecule has 1 N–H and O–H groups in total. The first-order valence-corrected chi connectivity index (χ1v) is 9.63. The van der Waals surface area contributed by atoms with Gasteiger partial charge in [0.15, 0.2) is 5.78 Å². The molecular weight excluding hydrogens is 358 g/mol. The molecule has 0 saturated carbocycles. The van der Waals surface area contributed by atoms with Gasteiger partial charge in [0.05, 0.1) is 11.4 Å². The molecule has 6 nitrogen and oxygen atoms in total. The molecule has 0 fully saturated rings. The Labute approximate surface area is 161 Å². The van der Waals surface area contributed by atoms with Crippen molar-refractivity contribution in [3.63, 3.8) is 0 Å². The number of rotatable bonds is 5. The zero-order valence-corrected chi connectivity index (χ0v) is 16.2. The summed E-state index contributed by atoms with van der Waals surface area (Å²) in [5.74, 6) is 0.333. The Balaban J connectivity index is 1.61. The predicted molar refractivity (Wildman–Crippen MR) is 107 cm³/mol. The lowest BCUT2D eigenvalue weighted by molar-refractivity contribution is 0.102. The number of aryl methyl sites for hydroxylation is 3. The standard InChI is InChI=1S/C20H19N5OS/c1-12-7-6-8-13(2)19(12)25-20(22-23-24-25)27-11-17(26)18-14(3)21-16-10-5-4-9-15(16)18/h4-10,21H,11H2,1-3H3. The number of carbonyl (C=O) groups excluding carboxylic acids is 1. The van der Waals surface area contributed by atoms with E-state index in [1.165, 1.54) is 11.8 Å². The monoisotopic (exact) mass is 377 g/mol. The number of hydrogen-bond acceptors (Lipinski definition) is 5. The van der Waals surface area contributed by atoms with E-state index in [0.29, 0.717) is 5.16 Å². The zero-order chi connectivity index (χ0) is 19.0. The van der Waals surface area contributed by atoms with Gasteiger partial charge in [-0.1, -0.05) is 48.2 Å². The highest BCUT2D eigenvalue weighted by Crippen LogP contribution is 2.27. The molecule has 2 aromatic heterocycles. The number of nitrogens with one attached hydrogen (secondary N) is 1. The van der Waals surface area contributed by atoms with Crippen LogP contribution in [0.1, 0.15) is 27.2 Å². The summed E-state index contributed by atoms with van der Waals surface area (Å²) in [6.07, 6.45) is 0. The summed E-state index contributed by atoms with van der Waals surface area (Å²) < 4.78 is 1.71. The fourth-order valence-electron chi connectivity index (χ4n) is 3.39. The summed E-state index contributed by atoms with van der Waals surface area (Å²) in [6, 6.07) is 13.9. The number of aromatic nitrogens is 5. The Hall–Kier alpha value is -2.93. The lowest BCUT2D eigenvalue weighted by Gasteiger charge is -2.10. The molecule has 0 unspecified atom stereocenters. The summed E-state index contributed by atoms with van der Waals surface area (Å²) in [6.45, 7) is 5.98. The van der Waals surface area contributed by atoms with Gasteiger partial charge in [0, 0.05) is 22.2 Å². The van der Waals surface area contributed by atoms with E-state index in [1.54, 1.807) is 4.68 Å². The quantitative estimate of drug-likeness (QED) is 0.419. The third-order valence-electron chi connectivity index (χ3n) is 4.60. The summed E-state index contributed by atoms with van der Waals surface area (Å²) in [5, 5.41) is 13.6. The van der Waals surface area contributed by atoms with E-state index < -0.39 is 0 Å². The second-order valence-corrected chi connectivity index (χ2v) is 7.44. The number of carbonyl (C=O) groups is 1. The number of thioether (sulfide) groups is 1. The van der Waals surface area contributed by atoms with Gasteiger partial charge in [-0.15, -0.1) is 5.10 Å². The van der Waals surface area contributed by atoms with Crippen LogP contribution >= 0.6 is 11.8 Å². The number of aromatic amines is 1. The van der Waals surface area contributed by atoms with E-state index in [1.807, 2.05) is 63.2 Å². The zero-order valence-electron chi connectivity index (χ0n) is 15.4. The topological polar surface area (TPSA) is 76.5 Å². The van der Waals surface area contributed by atoms with Gasteiger partial charge < -0.3 is 4.98 Å². The smallest absolute Gasteiger partial charge is 0.214 e. The van der Waals surface area contributed by atoms with Gasteiger partial charge in [0.2, 0.25) is 5.16 Å². The fraction of sp³-hybridized carbons (Fsp3) is 0.200. The molecule has 136 valence electrons. The molecule has 0 amide bonds. The summed E-state index contributed by atoms with van der Waals surface area (Å²) >= 11 is 1.35. The molecule has 0 spiro atoms. The van der Waals surface area contributed by atoms with Gasteiger partial charge in [-0.25, -0.2) is 0 Å². The van der Waals surface area contributed by atoms with Gasteiger partial charge in [-0.3, -0.25) is 4.79 Å². The molecule has 0 atom stereocenters. The lowest BCUT2D eigenvalue weighted by Crippen LogP contribution is -2.07. The van der Waals surface area contributed by atoms with Crippen molar-refractivity contribution in [3.05, 3.63) is 64.8 Å². The minimum absolute atomic E-state index is 0.0611.